The molecule has 1 amide bonds. The van der Waals surface area contributed by atoms with Crippen LogP contribution in [-0.2, 0) is 9.53 Å². The summed E-state index contributed by atoms with van der Waals surface area (Å²) in [5, 5.41) is 3.48. The molecule has 16 heavy (non-hydrogen) atoms. The van der Waals surface area contributed by atoms with E-state index in [1.807, 2.05) is 4.90 Å². The standard InChI is InChI=1S/C12H22N2O2/c1-5-12(15)14-6-10(8-16-4)11(7-14)13-9(2)3/h5,9-11,13H,1,6-8H2,2-4H3/t10-,11+/m0/s1. The summed E-state index contributed by atoms with van der Waals surface area (Å²) in [5.41, 5.74) is 0. The van der Waals surface area contributed by atoms with Gasteiger partial charge in [0, 0.05) is 38.2 Å². The molecule has 1 saturated heterocycles. The Morgan fingerprint density at radius 3 is 2.81 bits per heavy atom. The van der Waals surface area contributed by atoms with E-state index in [9.17, 15) is 4.79 Å². The second-order valence-electron chi connectivity index (χ2n) is 4.59. The fraction of sp³-hybridized carbons (Fsp3) is 0.750. The minimum absolute atomic E-state index is 0.00848. The van der Waals surface area contributed by atoms with Crippen molar-refractivity contribution in [2.75, 3.05) is 26.8 Å². The topological polar surface area (TPSA) is 41.6 Å². The first-order valence-electron chi connectivity index (χ1n) is 5.74. The number of carbonyl (C=O) groups is 1. The molecule has 4 heteroatoms. The molecule has 0 aromatic rings. The Balaban J connectivity index is 2.59. The van der Waals surface area contributed by atoms with Crippen molar-refractivity contribution in [1.82, 2.24) is 10.2 Å². The summed E-state index contributed by atoms with van der Waals surface area (Å²) in [5.74, 6) is 0.380. The van der Waals surface area contributed by atoms with Crippen molar-refractivity contribution >= 4 is 5.91 Å². The molecule has 0 saturated carbocycles. The lowest BCUT2D eigenvalue weighted by Gasteiger charge is -2.21. The molecule has 0 aliphatic carbocycles. The van der Waals surface area contributed by atoms with Crippen molar-refractivity contribution in [2.45, 2.75) is 25.9 Å². The van der Waals surface area contributed by atoms with Crippen molar-refractivity contribution in [1.29, 1.82) is 0 Å². The van der Waals surface area contributed by atoms with Crippen LogP contribution in [0, 0.1) is 5.92 Å². The average molecular weight is 226 g/mol. The highest BCUT2D eigenvalue weighted by Crippen LogP contribution is 2.18. The summed E-state index contributed by atoms with van der Waals surface area (Å²) in [6.07, 6.45) is 1.38. The fourth-order valence-electron chi connectivity index (χ4n) is 2.18. The summed E-state index contributed by atoms with van der Waals surface area (Å²) in [4.78, 5) is 13.4. The molecule has 0 radical (unpaired) electrons. The fourth-order valence-corrected chi connectivity index (χ4v) is 2.18. The van der Waals surface area contributed by atoms with Crippen LogP contribution in [-0.4, -0.2) is 49.7 Å². The minimum Gasteiger partial charge on any atom is -0.384 e. The quantitative estimate of drug-likeness (QED) is 0.700. The highest BCUT2D eigenvalue weighted by atomic mass is 16.5. The zero-order valence-corrected chi connectivity index (χ0v) is 10.4. The lowest BCUT2D eigenvalue weighted by Crippen LogP contribution is -2.42. The second-order valence-corrected chi connectivity index (χ2v) is 4.59. The molecule has 1 N–H and O–H groups in total. The monoisotopic (exact) mass is 226 g/mol. The van der Waals surface area contributed by atoms with E-state index in [1.165, 1.54) is 6.08 Å². The van der Waals surface area contributed by atoms with Crippen LogP contribution in [0.5, 0.6) is 0 Å². The van der Waals surface area contributed by atoms with Gasteiger partial charge in [0.15, 0.2) is 0 Å². The molecule has 92 valence electrons. The first-order chi connectivity index (χ1) is 7.58. The van der Waals surface area contributed by atoms with Crippen LogP contribution in [0.1, 0.15) is 13.8 Å². The van der Waals surface area contributed by atoms with E-state index in [1.54, 1.807) is 7.11 Å². The first-order valence-corrected chi connectivity index (χ1v) is 5.74. The van der Waals surface area contributed by atoms with Gasteiger partial charge in [-0.1, -0.05) is 20.4 Å². The van der Waals surface area contributed by atoms with Gasteiger partial charge < -0.3 is 15.0 Å². The molecule has 0 aromatic carbocycles. The molecule has 0 bridgehead atoms. The van der Waals surface area contributed by atoms with Gasteiger partial charge in [-0.15, -0.1) is 0 Å². The van der Waals surface area contributed by atoms with Crippen LogP contribution in [0.25, 0.3) is 0 Å². The molecule has 0 spiro atoms. The van der Waals surface area contributed by atoms with Crippen LogP contribution in [0.2, 0.25) is 0 Å². The third-order valence-electron chi connectivity index (χ3n) is 2.86. The number of nitrogens with one attached hydrogen (secondary N) is 1. The van der Waals surface area contributed by atoms with Gasteiger partial charge in [-0.2, -0.15) is 0 Å². The number of methoxy groups -OCH3 is 1. The number of hydrogen-bond acceptors (Lipinski definition) is 3. The van der Waals surface area contributed by atoms with Crippen molar-refractivity contribution in [3.63, 3.8) is 0 Å². The zero-order chi connectivity index (χ0) is 12.1. The number of likely N-dealkylation sites (tertiary alicyclic amines) is 1. The molecule has 1 fully saturated rings. The van der Waals surface area contributed by atoms with E-state index in [2.05, 4.69) is 25.7 Å². The summed E-state index contributed by atoms with van der Waals surface area (Å²) < 4.78 is 5.20. The molecule has 0 unspecified atom stereocenters. The Hall–Kier alpha value is -0.870. The third kappa shape index (κ3) is 3.32. The van der Waals surface area contributed by atoms with Crippen molar-refractivity contribution in [3.8, 4) is 0 Å². The van der Waals surface area contributed by atoms with E-state index in [-0.39, 0.29) is 5.91 Å². The molecular weight excluding hydrogens is 204 g/mol. The Bertz CT molecular complexity index is 253. The number of ether oxygens (including phenoxy) is 1. The number of hydrogen-bond donors (Lipinski definition) is 1. The number of rotatable bonds is 5. The molecule has 1 aliphatic heterocycles. The molecular formula is C12H22N2O2. The molecule has 1 heterocycles. The average Bonchev–Trinajstić information content (AvgIpc) is 2.60. The summed E-state index contributed by atoms with van der Waals surface area (Å²) >= 11 is 0. The van der Waals surface area contributed by atoms with Gasteiger partial charge in [0.2, 0.25) is 5.91 Å². The van der Waals surface area contributed by atoms with Gasteiger partial charge in [-0.25, -0.2) is 0 Å². The smallest absolute Gasteiger partial charge is 0.246 e. The van der Waals surface area contributed by atoms with Gasteiger partial charge in [-0.05, 0) is 6.08 Å². The lowest BCUT2D eigenvalue weighted by molar-refractivity contribution is -0.125. The van der Waals surface area contributed by atoms with Gasteiger partial charge >= 0.3 is 0 Å². The molecule has 1 aliphatic rings. The SMILES string of the molecule is C=CC(=O)N1C[C@@H](COC)[C@H](NC(C)C)C1. The Morgan fingerprint density at radius 2 is 2.31 bits per heavy atom. The molecule has 1 rings (SSSR count). The lowest BCUT2D eigenvalue weighted by atomic mass is 10.0. The Labute approximate surface area is 97.6 Å². The molecule has 2 atom stereocenters. The maximum Gasteiger partial charge on any atom is 0.246 e. The van der Waals surface area contributed by atoms with E-state index in [0.717, 1.165) is 13.1 Å². The van der Waals surface area contributed by atoms with Gasteiger partial charge in [0.25, 0.3) is 0 Å². The van der Waals surface area contributed by atoms with Crippen LogP contribution < -0.4 is 5.32 Å². The maximum atomic E-state index is 11.5. The number of nitrogens with zero attached hydrogens (tertiary/aromatic N) is 1. The van der Waals surface area contributed by atoms with E-state index < -0.39 is 0 Å². The van der Waals surface area contributed by atoms with E-state index >= 15 is 0 Å². The number of amides is 1. The van der Waals surface area contributed by atoms with Crippen molar-refractivity contribution in [2.24, 2.45) is 5.92 Å². The van der Waals surface area contributed by atoms with Crippen LogP contribution in [0.15, 0.2) is 12.7 Å². The van der Waals surface area contributed by atoms with Crippen molar-refractivity contribution in [3.05, 3.63) is 12.7 Å². The van der Waals surface area contributed by atoms with Crippen LogP contribution in [0.3, 0.4) is 0 Å². The highest BCUT2D eigenvalue weighted by molar-refractivity contribution is 5.87. The van der Waals surface area contributed by atoms with Crippen molar-refractivity contribution < 1.29 is 9.53 Å². The summed E-state index contributed by atoms with van der Waals surface area (Å²) in [6, 6.07) is 0.743. The zero-order valence-electron chi connectivity index (χ0n) is 10.4. The summed E-state index contributed by atoms with van der Waals surface area (Å²) in [7, 11) is 1.70. The van der Waals surface area contributed by atoms with E-state index in [0.29, 0.717) is 24.6 Å². The predicted octanol–water partition coefficient (Wildman–Crippen LogP) is 0.644. The number of carbonyl (C=O) groups excluding carboxylic acids is 1. The Kier molecular flexibility index (Phi) is 4.96. The molecule has 0 aromatic heterocycles. The second kappa shape index (κ2) is 6.01. The third-order valence-corrected chi connectivity index (χ3v) is 2.86. The predicted molar refractivity (Wildman–Crippen MR) is 64.2 cm³/mol. The van der Waals surface area contributed by atoms with E-state index in [4.69, 9.17) is 4.74 Å². The maximum absolute atomic E-state index is 11.5. The minimum atomic E-state index is 0.00848. The van der Waals surface area contributed by atoms with Gasteiger partial charge in [-0.3, -0.25) is 4.79 Å². The normalized spacial score (nSPS) is 25.1. The first kappa shape index (κ1) is 13.2. The largest absolute Gasteiger partial charge is 0.384 e. The van der Waals surface area contributed by atoms with Crippen LogP contribution in [0.4, 0.5) is 0 Å². The highest BCUT2D eigenvalue weighted by Gasteiger charge is 2.34. The molecule has 4 nitrogen and oxygen atoms in total. The van der Waals surface area contributed by atoms with Gasteiger partial charge in [0.05, 0.1) is 6.61 Å². The van der Waals surface area contributed by atoms with Crippen LogP contribution >= 0.6 is 0 Å². The summed E-state index contributed by atoms with van der Waals surface area (Å²) in [6.45, 7) is 9.93. The van der Waals surface area contributed by atoms with Gasteiger partial charge in [0.1, 0.15) is 0 Å². The Morgan fingerprint density at radius 1 is 1.62 bits per heavy atom.